The van der Waals surface area contributed by atoms with Gasteiger partial charge in [-0.05, 0) is 51.9 Å². The molecule has 4 nitrogen and oxygen atoms in total. The lowest BCUT2D eigenvalue weighted by atomic mass is 9.76. The average Bonchev–Trinajstić information content (AvgIpc) is 2.76. The van der Waals surface area contributed by atoms with Crippen LogP contribution in [0.4, 0.5) is 4.79 Å². The van der Waals surface area contributed by atoms with Crippen molar-refractivity contribution in [3.63, 3.8) is 0 Å². The van der Waals surface area contributed by atoms with Crippen molar-refractivity contribution in [2.24, 2.45) is 17.6 Å². The minimum atomic E-state index is -0.406. The van der Waals surface area contributed by atoms with E-state index in [1.807, 2.05) is 25.7 Å². The lowest BCUT2D eigenvalue weighted by Crippen LogP contribution is -2.40. The fraction of sp³-hybridized carbons (Fsp3) is 0.933. The Morgan fingerprint density at radius 2 is 1.89 bits per heavy atom. The van der Waals surface area contributed by atoms with E-state index in [2.05, 4.69) is 0 Å². The van der Waals surface area contributed by atoms with Gasteiger partial charge in [0.05, 0.1) is 0 Å². The molecule has 2 N–H and O–H groups in total. The van der Waals surface area contributed by atoms with Crippen molar-refractivity contribution in [3.8, 4) is 0 Å². The summed E-state index contributed by atoms with van der Waals surface area (Å²) in [4.78, 5) is 13.9. The van der Waals surface area contributed by atoms with Crippen molar-refractivity contribution in [3.05, 3.63) is 0 Å². The largest absolute Gasteiger partial charge is 0.444 e. The van der Waals surface area contributed by atoms with E-state index in [0.717, 1.165) is 25.9 Å². The van der Waals surface area contributed by atoms with E-state index in [1.54, 1.807) is 0 Å². The quantitative estimate of drug-likeness (QED) is 0.795. The van der Waals surface area contributed by atoms with E-state index in [-0.39, 0.29) is 6.09 Å². The molecular weight excluding hydrogens is 240 g/mol. The minimum absolute atomic E-state index is 0.167. The van der Waals surface area contributed by atoms with Crippen molar-refractivity contribution < 1.29 is 9.53 Å². The maximum absolute atomic E-state index is 12.0. The minimum Gasteiger partial charge on any atom is -0.444 e. The van der Waals surface area contributed by atoms with Crippen molar-refractivity contribution >= 4 is 6.09 Å². The van der Waals surface area contributed by atoms with Crippen LogP contribution in [0.5, 0.6) is 0 Å². The van der Waals surface area contributed by atoms with Crippen LogP contribution < -0.4 is 5.73 Å². The topological polar surface area (TPSA) is 55.6 Å². The molecule has 19 heavy (non-hydrogen) atoms. The molecule has 2 aliphatic rings. The number of carbonyl (C=O) groups is 1. The van der Waals surface area contributed by atoms with Gasteiger partial charge in [-0.2, -0.15) is 0 Å². The van der Waals surface area contributed by atoms with Crippen molar-refractivity contribution in [2.75, 3.05) is 13.1 Å². The van der Waals surface area contributed by atoms with E-state index in [0.29, 0.717) is 17.9 Å². The molecule has 0 spiro atoms. The summed E-state index contributed by atoms with van der Waals surface area (Å²) in [6.07, 6.45) is 5.85. The molecule has 3 atom stereocenters. The summed E-state index contributed by atoms with van der Waals surface area (Å²) in [7, 11) is 0. The molecule has 1 saturated carbocycles. The molecule has 0 radical (unpaired) electrons. The molecule has 0 bridgehead atoms. The number of hydrogen-bond donors (Lipinski definition) is 1. The maximum atomic E-state index is 12.0. The Bertz CT molecular complexity index is 325. The van der Waals surface area contributed by atoms with Gasteiger partial charge in [0.25, 0.3) is 0 Å². The molecule has 1 aliphatic carbocycles. The van der Waals surface area contributed by atoms with Gasteiger partial charge in [-0.1, -0.05) is 12.8 Å². The molecule has 1 heterocycles. The highest BCUT2D eigenvalue weighted by molar-refractivity contribution is 5.68. The first-order valence-corrected chi connectivity index (χ1v) is 7.60. The van der Waals surface area contributed by atoms with E-state index in [1.165, 1.54) is 19.3 Å². The lowest BCUT2D eigenvalue weighted by molar-refractivity contribution is 0.0279. The summed E-state index contributed by atoms with van der Waals surface area (Å²) in [5.41, 5.74) is 5.84. The number of likely N-dealkylation sites (tertiary alicyclic amines) is 1. The Morgan fingerprint density at radius 3 is 2.53 bits per heavy atom. The number of hydrogen-bond acceptors (Lipinski definition) is 3. The first kappa shape index (κ1) is 14.6. The van der Waals surface area contributed by atoms with Crippen LogP contribution in [-0.4, -0.2) is 35.7 Å². The highest BCUT2D eigenvalue weighted by atomic mass is 16.6. The molecular formula is C15H28N2O2. The molecule has 0 unspecified atom stereocenters. The first-order valence-electron chi connectivity index (χ1n) is 7.60. The molecule has 1 aliphatic heterocycles. The second-order valence-corrected chi connectivity index (χ2v) is 7.09. The number of carbonyl (C=O) groups excluding carboxylic acids is 1. The van der Waals surface area contributed by atoms with Crippen molar-refractivity contribution in [1.82, 2.24) is 4.90 Å². The predicted octanol–water partition coefficient (Wildman–Crippen LogP) is 2.76. The summed E-state index contributed by atoms with van der Waals surface area (Å²) in [5.74, 6) is 1.17. The third-order valence-electron chi connectivity index (χ3n) is 4.36. The maximum Gasteiger partial charge on any atom is 0.410 e. The van der Waals surface area contributed by atoms with Crippen molar-refractivity contribution in [2.45, 2.75) is 64.5 Å². The third-order valence-corrected chi connectivity index (χ3v) is 4.36. The van der Waals surface area contributed by atoms with Gasteiger partial charge in [-0.3, -0.25) is 0 Å². The monoisotopic (exact) mass is 268 g/mol. The van der Waals surface area contributed by atoms with Crippen LogP contribution in [-0.2, 0) is 4.74 Å². The van der Waals surface area contributed by atoms with E-state index < -0.39 is 5.60 Å². The van der Waals surface area contributed by atoms with E-state index in [4.69, 9.17) is 10.5 Å². The van der Waals surface area contributed by atoms with Crippen LogP contribution in [0, 0.1) is 11.8 Å². The lowest BCUT2D eigenvalue weighted by Gasteiger charge is -2.33. The Labute approximate surface area is 116 Å². The molecule has 0 aromatic heterocycles. The predicted molar refractivity (Wildman–Crippen MR) is 75.8 cm³/mol. The normalized spacial score (nSPS) is 32.4. The number of nitrogens with zero attached hydrogens (tertiary/aromatic N) is 1. The fourth-order valence-corrected chi connectivity index (χ4v) is 3.40. The van der Waals surface area contributed by atoms with E-state index in [9.17, 15) is 4.79 Å². The number of amides is 1. The summed E-state index contributed by atoms with van der Waals surface area (Å²) in [6.45, 7) is 7.39. The molecule has 4 heteroatoms. The van der Waals surface area contributed by atoms with Crippen LogP contribution >= 0.6 is 0 Å². The molecule has 0 aromatic carbocycles. The van der Waals surface area contributed by atoms with Crippen LogP contribution in [0.2, 0.25) is 0 Å². The van der Waals surface area contributed by atoms with Gasteiger partial charge >= 0.3 is 6.09 Å². The van der Waals surface area contributed by atoms with Gasteiger partial charge in [0.1, 0.15) is 5.60 Å². The van der Waals surface area contributed by atoms with Gasteiger partial charge < -0.3 is 15.4 Å². The number of nitrogens with two attached hydrogens (primary N) is 1. The summed E-state index contributed by atoms with van der Waals surface area (Å²) in [5, 5.41) is 0. The molecule has 0 aromatic rings. The zero-order chi connectivity index (χ0) is 14.0. The van der Waals surface area contributed by atoms with Gasteiger partial charge in [0.2, 0.25) is 0 Å². The molecule has 110 valence electrons. The van der Waals surface area contributed by atoms with Gasteiger partial charge in [-0.15, -0.1) is 0 Å². The Morgan fingerprint density at radius 1 is 1.21 bits per heavy atom. The van der Waals surface area contributed by atoms with E-state index >= 15 is 0 Å². The van der Waals surface area contributed by atoms with Gasteiger partial charge in [-0.25, -0.2) is 4.79 Å². The molecule has 1 amide bonds. The van der Waals surface area contributed by atoms with Crippen LogP contribution in [0.25, 0.3) is 0 Å². The second-order valence-electron chi connectivity index (χ2n) is 7.09. The third kappa shape index (κ3) is 3.85. The SMILES string of the molecule is CC(C)(C)OC(=O)N1CC[C@H]([C@H]2CCCC[C@H]2N)C1. The number of ether oxygens (including phenoxy) is 1. The standard InChI is InChI=1S/C15H28N2O2/c1-15(2,3)19-14(18)17-9-8-11(10-17)12-6-4-5-7-13(12)16/h11-13H,4-10,16H2,1-3H3/t11-,12+,13+/m0/s1. The Hall–Kier alpha value is -0.770. The Kier molecular flexibility index (Phi) is 4.39. The zero-order valence-electron chi connectivity index (χ0n) is 12.5. The molecule has 2 fully saturated rings. The van der Waals surface area contributed by atoms with Crippen LogP contribution in [0.15, 0.2) is 0 Å². The summed E-state index contributed by atoms with van der Waals surface area (Å²) < 4.78 is 5.44. The number of rotatable bonds is 1. The summed E-state index contributed by atoms with van der Waals surface area (Å²) in [6, 6.07) is 0.331. The van der Waals surface area contributed by atoms with Crippen LogP contribution in [0.1, 0.15) is 52.9 Å². The molecule has 1 saturated heterocycles. The first-order chi connectivity index (χ1) is 8.87. The van der Waals surface area contributed by atoms with Gasteiger partial charge in [0.15, 0.2) is 0 Å². The summed E-state index contributed by atoms with van der Waals surface area (Å²) >= 11 is 0. The Balaban J connectivity index is 1.87. The zero-order valence-corrected chi connectivity index (χ0v) is 12.5. The molecule has 2 rings (SSSR count). The smallest absolute Gasteiger partial charge is 0.410 e. The highest BCUT2D eigenvalue weighted by Gasteiger charge is 2.36. The van der Waals surface area contributed by atoms with Gasteiger partial charge in [0, 0.05) is 19.1 Å². The van der Waals surface area contributed by atoms with Crippen LogP contribution in [0.3, 0.4) is 0 Å². The van der Waals surface area contributed by atoms with Crippen molar-refractivity contribution in [1.29, 1.82) is 0 Å². The average molecular weight is 268 g/mol. The fourth-order valence-electron chi connectivity index (χ4n) is 3.40. The highest BCUT2D eigenvalue weighted by Crippen LogP contribution is 2.34. The second kappa shape index (κ2) is 5.70.